The van der Waals surface area contributed by atoms with Gasteiger partial charge in [-0.2, -0.15) is 0 Å². The number of carbonyl (C=O) groups is 2. The lowest BCUT2D eigenvalue weighted by atomic mass is 10.2. The van der Waals surface area contributed by atoms with Crippen LogP contribution in [-0.2, 0) is 14.6 Å². The Bertz CT molecular complexity index is 673. The summed E-state index contributed by atoms with van der Waals surface area (Å²) in [4.78, 5) is 23.7. The van der Waals surface area contributed by atoms with Crippen LogP contribution in [0.15, 0.2) is 18.2 Å². The zero-order valence-corrected chi connectivity index (χ0v) is 14.2. The number of hydrogen-bond donors (Lipinski definition) is 2. The van der Waals surface area contributed by atoms with Crippen molar-refractivity contribution in [3.05, 3.63) is 28.8 Å². The molecule has 22 heavy (non-hydrogen) atoms. The van der Waals surface area contributed by atoms with E-state index in [2.05, 4.69) is 10.6 Å². The molecule has 0 unspecified atom stereocenters. The fraction of sp³-hybridized carbons (Fsp3) is 0.429. The minimum atomic E-state index is -3.47. The van der Waals surface area contributed by atoms with Gasteiger partial charge >= 0.3 is 0 Å². The van der Waals surface area contributed by atoms with Crippen LogP contribution in [0.25, 0.3) is 0 Å². The lowest BCUT2D eigenvalue weighted by Gasteiger charge is -2.12. The lowest BCUT2D eigenvalue weighted by molar-refractivity contribution is -0.115. The lowest BCUT2D eigenvalue weighted by Crippen LogP contribution is -2.31. The molecule has 2 amide bonds. The number of benzene rings is 1. The molecule has 1 aromatic rings. The van der Waals surface area contributed by atoms with E-state index in [4.69, 9.17) is 11.6 Å². The Kier molecular flexibility index (Phi) is 6.37. The summed E-state index contributed by atoms with van der Waals surface area (Å²) >= 11 is 6.03. The van der Waals surface area contributed by atoms with Crippen LogP contribution >= 0.6 is 11.6 Å². The molecule has 1 aromatic carbocycles. The van der Waals surface area contributed by atoms with Crippen molar-refractivity contribution in [2.45, 2.75) is 25.5 Å². The third-order valence-corrected chi connectivity index (χ3v) is 4.84. The molecule has 0 aliphatic heterocycles. The van der Waals surface area contributed by atoms with Crippen LogP contribution in [-0.4, -0.2) is 38.3 Å². The second-order valence-corrected chi connectivity index (χ2v) is 7.68. The van der Waals surface area contributed by atoms with E-state index < -0.39 is 21.0 Å². The number of rotatable bonds is 6. The Morgan fingerprint density at radius 2 is 1.95 bits per heavy atom. The van der Waals surface area contributed by atoms with Gasteiger partial charge in [0, 0.05) is 18.5 Å². The standard InChI is InChI=1S/C14H19ClN2O4S/c1-4-7-16-14(19)11-6-5-10(8-12(11)15)17-13(18)9(2)22(3,20)21/h5-6,8-9H,4,7H2,1-3H3,(H,16,19)(H,17,18)/t9-/m1/s1. The number of anilines is 1. The van der Waals surface area contributed by atoms with Gasteiger partial charge in [-0.1, -0.05) is 18.5 Å². The predicted octanol–water partition coefficient (Wildman–Crippen LogP) is 1.85. The molecular formula is C14H19ClN2O4S. The maximum Gasteiger partial charge on any atom is 0.252 e. The van der Waals surface area contributed by atoms with Crippen molar-refractivity contribution in [3.8, 4) is 0 Å². The molecule has 0 aromatic heterocycles. The Morgan fingerprint density at radius 3 is 2.45 bits per heavy atom. The van der Waals surface area contributed by atoms with Crippen molar-refractivity contribution in [2.75, 3.05) is 18.1 Å². The van der Waals surface area contributed by atoms with E-state index >= 15 is 0 Å². The second-order valence-electron chi connectivity index (χ2n) is 4.91. The van der Waals surface area contributed by atoms with E-state index in [1.165, 1.54) is 25.1 Å². The zero-order valence-electron chi connectivity index (χ0n) is 12.6. The first-order valence-corrected chi connectivity index (χ1v) is 9.07. The number of halogens is 1. The smallest absolute Gasteiger partial charge is 0.252 e. The van der Waals surface area contributed by atoms with Crippen molar-refractivity contribution in [3.63, 3.8) is 0 Å². The van der Waals surface area contributed by atoms with Crippen molar-refractivity contribution in [2.24, 2.45) is 0 Å². The summed E-state index contributed by atoms with van der Waals surface area (Å²) < 4.78 is 22.7. The van der Waals surface area contributed by atoms with Crippen molar-refractivity contribution < 1.29 is 18.0 Å². The average molecular weight is 347 g/mol. The molecule has 0 aliphatic carbocycles. The number of carbonyl (C=O) groups excluding carboxylic acids is 2. The molecule has 0 heterocycles. The van der Waals surface area contributed by atoms with Crippen molar-refractivity contribution >= 4 is 38.9 Å². The monoisotopic (exact) mass is 346 g/mol. The van der Waals surface area contributed by atoms with Gasteiger partial charge in [-0.25, -0.2) is 8.42 Å². The predicted molar refractivity (Wildman–Crippen MR) is 87.0 cm³/mol. The zero-order chi connectivity index (χ0) is 16.9. The topological polar surface area (TPSA) is 92.3 Å². The minimum Gasteiger partial charge on any atom is -0.352 e. The van der Waals surface area contributed by atoms with E-state index in [1.807, 2.05) is 6.92 Å². The highest BCUT2D eigenvalue weighted by Crippen LogP contribution is 2.21. The van der Waals surface area contributed by atoms with Gasteiger partial charge in [0.05, 0.1) is 10.6 Å². The Morgan fingerprint density at radius 1 is 1.32 bits per heavy atom. The molecule has 8 heteroatoms. The van der Waals surface area contributed by atoms with Gasteiger partial charge in [-0.15, -0.1) is 0 Å². The highest BCUT2D eigenvalue weighted by atomic mass is 35.5. The fourth-order valence-corrected chi connectivity index (χ4v) is 2.26. The Labute approximate surface area is 135 Å². The largest absolute Gasteiger partial charge is 0.352 e. The van der Waals surface area contributed by atoms with E-state index in [0.717, 1.165) is 12.7 Å². The van der Waals surface area contributed by atoms with Gasteiger partial charge in [0.15, 0.2) is 9.84 Å². The number of hydrogen-bond acceptors (Lipinski definition) is 4. The molecule has 2 N–H and O–H groups in total. The summed E-state index contributed by atoms with van der Waals surface area (Å²) in [7, 11) is -3.47. The van der Waals surface area contributed by atoms with Crippen LogP contribution in [0.2, 0.25) is 5.02 Å². The number of amides is 2. The third-order valence-electron chi connectivity index (χ3n) is 3.03. The van der Waals surface area contributed by atoms with E-state index in [0.29, 0.717) is 17.8 Å². The third kappa shape index (κ3) is 4.99. The molecule has 122 valence electrons. The highest BCUT2D eigenvalue weighted by molar-refractivity contribution is 7.92. The van der Waals surface area contributed by atoms with Gasteiger partial charge in [0.2, 0.25) is 5.91 Å². The van der Waals surface area contributed by atoms with E-state index in [9.17, 15) is 18.0 Å². The minimum absolute atomic E-state index is 0.179. The molecular weight excluding hydrogens is 328 g/mol. The first-order chi connectivity index (χ1) is 10.2. The van der Waals surface area contributed by atoms with Crippen LogP contribution in [0.1, 0.15) is 30.6 Å². The van der Waals surface area contributed by atoms with Crippen LogP contribution in [0, 0.1) is 0 Å². The Hall–Kier alpha value is -1.60. The maximum absolute atomic E-state index is 11.8. The van der Waals surface area contributed by atoms with Crippen molar-refractivity contribution in [1.29, 1.82) is 0 Å². The van der Waals surface area contributed by atoms with Gasteiger partial charge in [0.1, 0.15) is 5.25 Å². The summed E-state index contributed by atoms with van der Waals surface area (Å²) in [6.45, 7) is 3.78. The molecule has 1 rings (SSSR count). The van der Waals surface area contributed by atoms with E-state index in [-0.39, 0.29) is 10.9 Å². The first kappa shape index (κ1) is 18.4. The summed E-state index contributed by atoms with van der Waals surface area (Å²) in [5.41, 5.74) is 0.627. The molecule has 0 fully saturated rings. The average Bonchev–Trinajstić information content (AvgIpc) is 2.43. The summed E-state index contributed by atoms with van der Waals surface area (Å²) in [6, 6.07) is 4.39. The SMILES string of the molecule is CCCNC(=O)c1ccc(NC(=O)[C@@H](C)S(C)(=O)=O)cc1Cl. The quantitative estimate of drug-likeness (QED) is 0.822. The van der Waals surface area contributed by atoms with Gasteiger partial charge < -0.3 is 10.6 Å². The molecule has 1 atom stereocenters. The molecule has 0 saturated carbocycles. The molecule has 6 nitrogen and oxygen atoms in total. The fourth-order valence-electron chi connectivity index (χ4n) is 1.55. The summed E-state index contributed by atoms with van der Waals surface area (Å²) in [5, 5.41) is 4.17. The van der Waals surface area contributed by atoms with Crippen LogP contribution in [0.3, 0.4) is 0 Å². The second kappa shape index (κ2) is 7.60. The van der Waals surface area contributed by atoms with Crippen molar-refractivity contribution in [1.82, 2.24) is 5.32 Å². The summed E-state index contributed by atoms with van der Waals surface area (Å²) in [6.07, 6.45) is 1.80. The van der Waals surface area contributed by atoms with Crippen LogP contribution in [0.5, 0.6) is 0 Å². The molecule has 0 bridgehead atoms. The first-order valence-electron chi connectivity index (χ1n) is 6.74. The Balaban J connectivity index is 2.86. The maximum atomic E-state index is 11.8. The van der Waals surface area contributed by atoms with Gasteiger partial charge in [-0.3, -0.25) is 9.59 Å². The normalized spacial score (nSPS) is 12.5. The number of nitrogens with one attached hydrogen (secondary N) is 2. The molecule has 0 saturated heterocycles. The molecule has 0 spiro atoms. The molecule has 0 radical (unpaired) electrons. The summed E-state index contributed by atoms with van der Waals surface area (Å²) in [5.74, 6) is -0.948. The van der Waals surface area contributed by atoms with E-state index in [1.54, 1.807) is 0 Å². The van der Waals surface area contributed by atoms with Crippen LogP contribution < -0.4 is 10.6 Å². The highest BCUT2D eigenvalue weighted by Gasteiger charge is 2.23. The number of sulfone groups is 1. The molecule has 0 aliphatic rings. The van der Waals surface area contributed by atoms with Gasteiger partial charge in [-0.05, 0) is 31.5 Å². The van der Waals surface area contributed by atoms with Gasteiger partial charge in [0.25, 0.3) is 5.91 Å². The van der Waals surface area contributed by atoms with Crippen LogP contribution in [0.4, 0.5) is 5.69 Å².